The van der Waals surface area contributed by atoms with Gasteiger partial charge in [0.2, 0.25) is 5.89 Å². The molecule has 0 bridgehead atoms. The van der Waals surface area contributed by atoms with Gasteiger partial charge in [-0.25, -0.2) is 0 Å². The number of hydrogen-bond acceptors (Lipinski definition) is 7. The zero-order chi connectivity index (χ0) is 17.1. The molecule has 1 N–H and O–H groups in total. The maximum absolute atomic E-state index is 9.73. The second-order valence-corrected chi connectivity index (χ2v) is 6.32. The van der Waals surface area contributed by atoms with Gasteiger partial charge >= 0.3 is 0 Å². The van der Waals surface area contributed by atoms with E-state index in [0.717, 1.165) is 31.9 Å². The average molecular weight is 335 g/mol. The van der Waals surface area contributed by atoms with Gasteiger partial charge in [0, 0.05) is 57.6 Å². The van der Waals surface area contributed by atoms with Crippen molar-refractivity contribution in [2.24, 2.45) is 5.92 Å². The normalized spacial score (nSPS) is 21.7. The van der Waals surface area contributed by atoms with E-state index in [2.05, 4.69) is 33.3 Å². The van der Waals surface area contributed by atoms with Gasteiger partial charge in [-0.05, 0) is 13.8 Å². The predicted octanol–water partition coefficient (Wildman–Crippen LogP) is 0.949. The number of methoxy groups -OCH3 is 1. The summed E-state index contributed by atoms with van der Waals surface area (Å²) in [6.45, 7) is 7.83. The van der Waals surface area contributed by atoms with Gasteiger partial charge in [-0.1, -0.05) is 5.16 Å². The molecule has 2 aromatic heterocycles. The van der Waals surface area contributed by atoms with Gasteiger partial charge in [-0.2, -0.15) is 10.1 Å². The highest BCUT2D eigenvalue weighted by molar-refractivity contribution is 5.16. The van der Waals surface area contributed by atoms with Crippen LogP contribution in [0.1, 0.15) is 35.8 Å². The fourth-order valence-electron chi connectivity index (χ4n) is 3.28. The van der Waals surface area contributed by atoms with Crippen LogP contribution in [0.5, 0.6) is 0 Å². The molecule has 132 valence electrons. The molecule has 1 fully saturated rings. The maximum Gasteiger partial charge on any atom is 0.231 e. The van der Waals surface area contributed by atoms with Crippen LogP contribution >= 0.6 is 0 Å². The van der Waals surface area contributed by atoms with Crippen molar-refractivity contribution in [1.29, 1.82) is 0 Å². The number of aliphatic hydroxyl groups is 1. The second kappa shape index (κ2) is 7.42. The number of nitrogens with zero attached hydrogens (tertiary/aromatic N) is 5. The van der Waals surface area contributed by atoms with Crippen LogP contribution in [0.15, 0.2) is 10.7 Å². The SMILES string of the molecule is CCn1cc(CN2C[C@@H](CO)[C@H](c3nc(COC)no3)C2)c(C)n1. The second-order valence-electron chi connectivity index (χ2n) is 6.32. The lowest BCUT2D eigenvalue weighted by atomic mass is 9.97. The highest BCUT2D eigenvalue weighted by atomic mass is 16.5. The van der Waals surface area contributed by atoms with Crippen LogP contribution in [0.4, 0.5) is 0 Å². The molecule has 3 rings (SSSR count). The van der Waals surface area contributed by atoms with Gasteiger partial charge in [0.1, 0.15) is 6.61 Å². The van der Waals surface area contributed by atoms with Gasteiger partial charge < -0.3 is 14.4 Å². The molecule has 0 amide bonds. The van der Waals surface area contributed by atoms with Crippen LogP contribution in [0.2, 0.25) is 0 Å². The minimum atomic E-state index is 0.0506. The number of likely N-dealkylation sites (tertiary alicyclic amines) is 1. The van der Waals surface area contributed by atoms with Gasteiger partial charge in [0.05, 0.1) is 11.6 Å². The summed E-state index contributed by atoms with van der Waals surface area (Å²) in [5.41, 5.74) is 2.28. The molecule has 0 radical (unpaired) electrons. The number of rotatable bonds is 7. The van der Waals surface area contributed by atoms with E-state index in [-0.39, 0.29) is 18.4 Å². The summed E-state index contributed by atoms with van der Waals surface area (Å²) in [5, 5.41) is 18.2. The van der Waals surface area contributed by atoms with Crippen molar-refractivity contribution in [3.63, 3.8) is 0 Å². The molecule has 2 atom stereocenters. The van der Waals surface area contributed by atoms with E-state index in [9.17, 15) is 5.11 Å². The Hall–Kier alpha value is -1.77. The fourth-order valence-corrected chi connectivity index (χ4v) is 3.28. The number of ether oxygens (including phenoxy) is 1. The molecule has 1 saturated heterocycles. The lowest BCUT2D eigenvalue weighted by molar-refractivity contribution is 0.174. The Morgan fingerprint density at radius 3 is 2.92 bits per heavy atom. The summed E-state index contributed by atoms with van der Waals surface area (Å²) in [4.78, 5) is 6.71. The zero-order valence-corrected chi connectivity index (χ0v) is 14.5. The summed E-state index contributed by atoms with van der Waals surface area (Å²) in [7, 11) is 1.60. The minimum absolute atomic E-state index is 0.0506. The van der Waals surface area contributed by atoms with Crippen LogP contribution < -0.4 is 0 Å². The molecular weight excluding hydrogens is 310 g/mol. The van der Waals surface area contributed by atoms with Crippen LogP contribution in [0.3, 0.4) is 0 Å². The van der Waals surface area contributed by atoms with Crippen molar-refractivity contribution < 1.29 is 14.4 Å². The Bertz CT molecular complexity index is 668. The van der Waals surface area contributed by atoms with E-state index in [1.165, 1.54) is 5.56 Å². The van der Waals surface area contributed by atoms with E-state index in [1.807, 2.05) is 11.6 Å². The van der Waals surface area contributed by atoms with Crippen LogP contribution in [0, 0.1) is 12.8 Å². The van der Waals surface area contributed by atoms with Crippen molar-refractivity contribution in [2.45, 2.75) is 39.5 Å². The molecule has 8 heteroatoms. The molecule has 24 heavy (non-hydrogen) atoms. The molecular formula is C16H25N5O3. The maximum atomic E-state index is 9.73. The van der Waals surface area contributed by atoms with Crippen LogP contribution in [-0.4, -0.2) is 56.7 Å². The summed E-state index contributed by atoms with van der Waals surface area (Å²) in [6, 6.07) is 0. The molecule has 0 unspecified atom stereocenters. The lowest BCUT2D eigenvalue weighted by Crippen LogP contribution is -2.21. The first-order valence-electron chi connectivity index (χ1n) is 8.32. The molecule has 0 aromatic carbocycles. The standard InChI is InChI=1S/C16H25N5O3/c1-4-21-7-12(11(2)18-21)5-20-6-13(9-22)14(8-20)16-17-15(10-23-3)19-24-16/h7,13-14,22H,4-6,8-10H2,1-3H3/t13-,14+/m0/s1. The Morgan fingerprint density at radius 2 is 2.25 bits per heavy atom. The van der Waals surface area contributed by atoms with Crippen molar-refractivity contribution in [3.05, 3.63) is 29.2 Å². The molecule has 0 spiro atoms. The van der Waals surface area contributed by atoms with Gasteiger partial charge in [-0.15, -0.1) is 0 Å². The van der Waals surface area contributed by atoms with E-state index in [4.69, 9.17) is 9.26 Å². The van der Waals surface area contributed by atoms with E-state index < -0.39 is 0 Å². The number of hydrogen-bond donors (Lipinski definition) is 1. The molecule has 1 aliphatic heterocycles. The Balaban J connectivity index is 1.70. The average Bonchev–Trinajstić information content (AvgIpc) is 3.27. The summed E-state index contributed by atoms with van der Waals surface area (Å²) in [6.07, 6.45) is 2.10. The van der Waals surface area contributed by atoms with E-state index in [1.54, 1.807) is 7.11 Å². The van der Waals surface area contributed by atoms with Crippen molar-refractivity contribution in [2.75, 3.05) is 26.8 Å². The largest absolute Gasteiger partial charge is 0.396 e. The van der Waals surface area contributed by atoms with Crippen molar-refractivity contribution in [1.82, 2.24) is 24.8 Å². The Kier molecular flexibility index (Phi) is 5.27. The quantitative estimate of drug-likeness (QED) is 0.805. The zero-order valence-electron chi connectivity index (χ0n) is 14.5. The van der Waals surface area contributed by atoms with Gasteiger partial charge in [0.15, 0.2) is 5.82 Å². The van der Waals surface area contributed by atoms with Gasteiger partial charge in [-0.3, -0.25) is 9.58 Å². The Labute approximate surface area is 141 Å². The smallest absolute Gasteiger partial charge is 0.231 e. The monoisotopic (exact) mass is 335 g/mol. The molecule has 3 heterocycles. The Morgan fingerprint density at radius 1 is 1.42 bits per heavy atom. The summed E-state index contributed by atoms with van der Waals surface area (Å²) in [5.74, 6) is 1.28. The van der Waals surface area contributed by atoms with E-state index >= 15 is 0 Å². The highest BCUT2D eigenvalue weighted by Crippen LogP contribution is 2.32. The van der Waals surface area contributed by atoms with Crippen molar-refractivity contribution >= 4 is 0 Å². The molecule has 2 aromatic rings. The topological polar surface area (TPSA) is 89.4 Å². The minimum Gasteiger partial charge on any atom is -0.396 e. The summed E-state index contributed by atoms with van der Waals surface area (Å²) >= 11 is 0. The highest BCUT2D eigenvalue weighted by Gasteiger charge is 2.37. The third kappa shape index (κ3) is 3.50. The number of aromatic nitrogens is 4. The number of aryl methyl sites for hydroxylation is 2. The first-order chi connectivity index (χ1) is 11.6. The third-order valence-electron chi connectivity index (χ3n) is 4.59. The number of aliphatic hydroxyl groups excluding tert-OH is 1. The first-order valence-corrected chi connectivity index (χ1v) is 8.32. The summed E-state index contributed by atoms with van der Waals surface area (Å²) < 4.78 is 12.4. The van der Waals surface area contributed by atoms with Crippen LogP contribution in [-0.2, 0) is 24.4 Å². The van der Waals surface area contributed by atoms with Crippen molar-refractivity contribution in [3.8, 4) is 0 Å². The predicted molar refractivity (Wildman–Crippen MR) is 86.2 cm³/mol. The fraction of sp³-hybridized carbons (Fsp3) is 0.688. The molecule has 1 aliphatic rings. The lowest BCUT2D eigenvalue weighted by Gasteiger charge is -2.14. The van der Waals surface area contributed by atoms with E-state index in [0.29, 0.717) is 18.3 Å². The first kappa shape index (κ1) is 17.1. The third-order valence-corrected chi connectivity index (χ3v) is 4.59. The molecule has 0 aliphatic carbocycles. The van der Waals surface area contributed by atoms with Crippen LogP contribution in [0.25, 0.3) is 0 Å². The molecule has 0 saturated carbocycles. The molecule has 8 nitrogen and oxygen atoms in total. The van der Waals surface area contributed by atoms with Gasteiger partial charge in [0.25, 0.3) is 0 Å².